The van der Waals surface area contributed by atoms with Crippen LogP contribution in [0.3, 0.4) is 0 Å². The minimum atomic E-state index is -1.16. The highest BCUT2D eigenvalue weighted by atomic mass is 16.4. The molecule has 1 aromatic heterocycles. The van der Waals surface area contributed by atoms with Crippen LogP contribution in [0.1, 0.15) is 41.2 Å². The van der Waals surface area contributed by atoms with Crippen molar-refractivity contribution in [1.29, 1.82) is 0 Å². The number of hydrogen-bond donors (Lipinski definition) is 1. The summed E-state index contributed by atoms with van der Waals surface area (Å²) in [5.74, 6) is -1.38. The van der Waals surface area contributed by atoms with E-state index in [9.17, 15) is 9.59 Å². The first-order valence-electron chi connectivity index (χ1n) is 5.44. The van der Waals surface area contributed by atoms with Crippen molar-refractivity contribution in [2.75, 3.05) is 13.1 Å². The average Bonchev–Trinajstić information content (AvgIpc) is 2.35. The van der Waals surface area contributed by atoms with Crippen molar-refractivity contribution >= 4 is 11.9 Å². The van der Waals surface area contributed by atoms with Gasteiger partial charge in [-0.15, -0.1) is 0 Å². The van der Waals surface area contributed by atoms with Gasteiger partial charge in [0.1, 0.15) is 5.69 Å². The van der Waals surface area contributed by atoms with Crippen LogP contribution in [-0.4, -0.2) is 44.9 Å². The number of amides is 1. The fourth-order valence-corrected chi connectivity index (χ4v) is 1.38. The number of hydrogen-bond acceptors (Lipinski definition) is 4. The van der Waals surface area contributed by atoms with Crippen LogP contribution < -0.4 is 0 Å². The number of nitrogens with zero attached hydrogens (tertiary/aromatic N) is 3. The second-order valence-corrected chi connectivity index (χ2v) is 3.48. The molecule has 0 unspecified atom stereocenters. The molecule has 0 atom stereocenters. The summed E-state index contributed by atoms with van der Waals surface area (Å²) in [5.41, 5.74) is 0.00499. The van der Waals surface area contributed by atoms with Gasteiger partial charge in [-0.25, -0.2) is 14.8 Å². The first-order chi connectivity index (χ1) is 8.10. The van der Waals surface area contributed by atoms with E-state index in [0.717, 1.165) is 12.6 Å². The summed E-state index contributed by atoms with van der Waals surface area (Å²) in [4.78, 5) is 31.6. The third kappa shape index (κ3) is 3.24. The maximum Gasteiger partial charge on any atom is 0.356 e. The fraction of sp³-hybridized carbons (Fsp3) is 0.455. The second kappa shape index (κ2) is 5.93. The summed E-state index contributed by atoms with van der Waals surface area (Å²) in [7, 11) is 0. The van der Waals surface area contributed by atoms with Crippen molar-refractivity contribution in [2.24, 2.45) is 0 Å². The van der Waals surface area contributed by atoms with Gasteiger partial charge >= 0.3 is 5.97 Å². The molecule has 0 spiro atoms. The molecule has 0 aromatic carbocycles. The largest absolute Gasteiger partial charge is 0.476 e. The lowest BCUT2D eigenvalue weighted by molar-refractivity contribution is 0.0686. The summed E-state index contributed by atoms with van der Waals surface area (Å²) < 4.78 is 0. The molecule has 0 fully saturated rings. The zero-order chi connectivity index (χ0) is 12.8. The quantitative estimate of drug-likeness (QED) is 0.827. The summed E-state index contributed by atoms with van der Waals surface area (Å²) in [6, 6.07) is 0. The van der Waals surface area contributed by atoms with Crippen LogP contribution in [0.5, 0.6) is 0 Å². The predicted octanol–water partition coefficient (Wildman–Crippen LogP) is 1.05. The van der Waals surface area contributed by atoms with Crippen molar-refractivity contribution in [2.45, 2.75) is 20.3 Å². The molecule has 0 bridgehead atoms. The van der Waals surface area contributed by atoms with Crippen LogP contribution >= 0.6 is 0 Å². The third-order valence-corrected chi connectivity index (χ3v) is 2.25. The van der Waals surface area contributed by atoms with Crippen LogP contribution in [0, 0.1) is 0 Å². The van der Waals surface area contributed by atoms with Gasteiger partial charge in [0.05, 0.1) is 12.4 Å². The molecule has 0 saturated heterocycles. The number of aromatic carboxylic acids is 1. The van der Waals surface area contributed by atoms with E-state index in [1.165, 1.54) is 6.20 Å². The summed E-state index contributed by atoms with van der Waals surface area (Å²) in [6.07, 6.45) is 3.15. The van der Waals surface area contributed by atoms with E-state index in [-0.39, 0.29) is 17.3 Å². The topological polar surface area (TPSA) is 83.4 Å². The molecule has 1 heterocycles. The van der Waals surface area contributed by atoms with Crippen molar-refractivity contribution in [1.82, 2.24) is 14.9 Å². The number of carbonyl (C=O) groups is 2. The molecule has 0 aliphatic rings. The number of aromatic nitrogens is 2. The van der Waals surface area contributed by atoms with Crippen molar-refractivity contribution in [3.63, 3.8) is 0 Å². The molecule has 92 valence electrons. The van der Waals surface area contributed by atoms with E-state index in [4.69, 9.17) is 5.11 Å². The van der Waals surface area contributed by atoms with Crippen LogP contribution in [0.2, 0.25) is 0 Å². The van der Waals surface area contributed by atoms with Crippen molar-refractivity contribution < 1.29 is 14.7 Å². The molecule has 1 amide bonds. The number of carboxylic acids is 1. The van der Waals surface area contributed by atoms with Crippen LogP contribution in [0.4, 0.5) is 0 Å². The molecule has 17 heavy (non-hydrogen) atoms. The highest BCUT2D eigenvalue weighted by Gasteiger charge is 2.15. The van der Waals surface area contributed by atoms with Crippen LogP contribution in [-0.2, 0) is 0 Å². The maximum absolute atomic E-state index is 11.9. The van der Waals surface area contributed by atoms with E-state index in [0.29, 0.717) is 13.1 Å². The van der Waals surface area contributed by atoms with Gasteiger partial charge in [0.2, 0.25) is 0 Å². The van der Waals surface area contributed by atoms with E-state index in [1.807, 2.05) is 13.8 Å². The van der Waals surface area contributed by atoms with Crippen molar-refractivity contribution in [3.05, 3.63) is 23.8 Å². The zero-order valence-corrected chi connectivity index (χ0v) is 9.88. The SMILES string of the molecule is CCCN(CC)C(=O)c1cnc(C(=O)O)cn1. The van der Waals surface area contributed by atoms with Gasteiger partial charge in [0, 0.05) is 13.1 Å². The van der Waals surface area contributed by atoms with E-state index >= 15 is 0 Å². The highest BCUT2D eigenvalue weighted by molar-refractivity contribution is 5.92. The molecule has 0 saturated carbocycles. The van der Waals surface area contributed by atoms with Gasteiger partial charge in [-0.1, -0.05) is 6.92 Å². The van der Waals surface area contributed by atoms with Crippen molar-refractivity contribution in [3.8, 4) is 0 Å². The Labute approximate surface area is 99.3 Å². The minimum Gasteiger partial charge on any atom is -0.476 e. The van der Waals surface area contributed by atoms with Gasteiger partial charge in [-0.2, -0.15) is 0 Å². The zero-order valence-electron chi connectivity index (χ0n) is 9.88. The third-order valence-electron chi connectivity index (χ3n) is 2.25. The Balaban J connectivity index is 2.85. The molecular weight excluding hydrogens is 222 g/mol. The molecule has 0 aliphatic heterocycles. The van der Waals surface area contributed by atoms with E-state index in [2.05, 4.69) is 9.97 Å². The molecule has 1 rings (SSSR count). The van der Waals surface area contributed by atoms with Gasteiger partial charge < -0.3 is 10.0 Å². The van der Waals surface area contributed by atoms with Crippen LogP contribution in [0.15, 0.2) is 12.4 Å². The Morgan fingerprint density at radius 1 is 1.24 bits per heavy atom. The average molecular weight is 237 g/mol. The Hall–Kier alpha value is -1.98. The molecular formula is C11H15N3O3. The normalized spacial score (nSPS) is 10.0. The second-order valence-electron chi connectivity index (χ2n) is 3.48. The Morgan fingerprint density at radius 2 is 1.82 bits per heavy atom. The first kappa shape index (κ1) is 13.1. The summed E-state index contributed by atoms with van der Waals surface area (Å²) >= 11 is 0. The smallest absolute Gasteiger partial charge is 0.356 e. The Morgan fingerprint density at radius 3 is 2.24 bits per heavy atom. The molecule has 0 radical (unpaired) electrons. The van der Waals surface area contributed by atoms with Gasteiger partial charge in [0.25, 0.3) is 5.91 Å². The monoisotopic (exact) mass is 237 g/mol. The molecule has 1 aromatic rings. The lowest BCUT2D eigenvalue weighted by Gasteiger charge is -2.19. The van der Waals surface area contributed by atoms with Gasteiger partial charge in [-0.05, 0) is 13.3 Å². The Bertz CT molecular complexity index is 403. The predicted molar refractivity (Wildman–Crippen MR) is 60.9 cm³/mol. The van der Waals surface area contributed by atoms with E-state index < -0.39 is 5.97 Å². The molecule has 1 N–H and O–H groups in total. The lowest BCUT2D eigenvalue weighted by Crippen LogP contribution is -2.32. The lowest BCUT2D eigenvalue weighted by atomic mass is 10.3. The standard InChI is InChI=1S/C11H15N3O3/c1-3-5-14(4-2)10(15)8-6-13-9(7-12-8)11(16)17/h6-7H,3-5H2,1-2H3,(H,16,17). The molecule has 0 aliphatic carbocycles. The van der Waals surface area contributed by atoms with Crippen LogP contribution in [0.25, 0.3) is 0 Å². The fourth-order valence-electron chi connectivity index (χ4n) is 1.38. The summed E-state index contributed by atoms with van der Waals surface area (Å²) in [6.45, 7) is 5.11. The molecule has 6 nitrogen and oxygen atoms in total. The van der Waals surface area contributed by atoms with Gasteiger partial charge in [-0.3, -0.25) is 4.79 Å². The Kier molecular flexibility index (Phi) is 4.56. The van der Waals surface area contributed by atoms with Gasteiger partial charge in [0.15, 0.2) is 5.69 Å². The highest BCUT2D eigenvalue weighted by Crippen LogP contribution is 2.02. The number of carboxylic acid groups (broad SMARTS) is 1. The molecule has 6 heteroatoms. The minimum absolute atomic E-state index is 0.167. The van der Waals surface area contributed by atoms with E-state index in [1.54, 1.807) is 4.90 Å². The number of rotatable bonds is 5. The maximum atomic E-state index is 11.9. The first-order valence-corrected chi connectivity index (χ1v) is 5.44. The summed E-state index contributed by atoms with van der Waals surface area (Å²) in [5, 5.41) is 8.66. The number of carbonyl (C=O) groups excluding carboxylic acids is 1.